The molecule has 0 bridgehead atoms. The van der Waals surface area contributed by atoms with Gasteiger partial charge >= 0.3 is 70.3 Å². The van der Waals surface area contributed by atoms with Crippen LogP contribution in [0.2, 0.25) is 8.26 Å². The monoisotopic (exact) mass is 540 g/mol. The fraction of sp³-hybridized carbons (Fsp3) is 1.00. The predicted octanol–water partition coefficient (Wildman–Crippen LogP) is 2.48. The minimum atomic E-state index is -0.669. The molecule has 0 saturated carbocycles. The molecule has 1 aliphatic heterocycles. The van der Waals surface area contributed by atoms with Crippen LogP contribution in [0.5, 0.6) is 0 Å². The van der Waals surface area contributed by atoms with Crippen molar-refractivity contribution in [2.75, 3.05) is 0 Å². The molecule has 0 aliphatic carbocycles. The molecule has 1 saturated heterocycles. The van der Waals surface area contributed by atoms with Gasteiger partial charge in [0.25, 0.3) is 0 Å². The van der Waals surface area contributed by atoms with E-state index in [0.717, 1.165) is 0 Å². The quantitative estimate of drug-likeness (QED) is 0.495. The van der Waals surface area contributed by atoms with Crippen molar-refractivity contribution < 1.29 is 0 Å². The van der Waals surface area contributed by atoms with Crippen LogP contribution in [0.1, 0.15) is 13.8 Å². The molecule has 0 aromatic heterocycles. The molecule has 1 rings (SSSR count). The third kappa shape index (κ3) is 2.26. The molecule has 0 radical (unpaired) electrons. The van der Waals surface area contributed by atoms with Crippen LogP contribution < -0.4 is 0 Å². The van der Waals surface area contributed by atoms with Crippen molar-refractivity contribution in [3.8, 4) is 0 Å². The zero-order valence-corrected chi connectivity index (χ0v) is 13.7. The Morgan fingerprint density at radius 2 is 1.38 bits per heavy atom. The molecular weight excluding hydrogens is 530 g/mol. The van der Waals surface area contributed by atoms with Crippen LogP contribution in [0.15, 0.2) is 0 Å². The Morgan fingerprint density at radius 3 is 1.62 bits per heavy atom. The third-order valence-corrected chi connectivity index (χ3v) is 159. The average Bonchev–Trinajstić information content (AvgIpc) is 1.65. The van der Waals surface area contributed by atoms with Gasteiger partial charge in [0, 0.05) is 0 Å². The van der Waals surface area contributed by atoms with Crippen molar-refractivity contribution in [3.63, 3.8) is 0 Å². The van der Waals surface area contributed by atoms with Crippen molar-refractivity contribution in [1.29, 1.82) is 0 Å². The van der Waals surface area contributed by atoms with Gasteiger partial charge in [-0.05, 0) is 0 Å². The van der Waals surface area contributed by atoms with Gasteiger partial charge in [-0.2, -0.15) is 0 Å². The molecular formula is C4H10Bi2S2. The SMILES string of the molecule is C[CH2][Bi]1[S][Bi]([CH2]C)[S]1. The summed E-state index contributed by atoms with van der Waals surface area (Å²) in [5, 5.41) is 5.09. The first-order valence-corrected chi connectivity index (χ1v) is 26.2. The van der Waals surface area contributed by atoms with Gasteiger partial charge in [-0.3, -0.25) is 0 Å². The Bertz CT molecular complexity index is 64.4. The predicted molar refractivity (Wildman–Crippen MR) is 47.7 cm³/mol. The molecule has 48 valence electrons. The second kappa shape index (κ2) is 4.37. The summed E-state index contributed by atoms with van der Waals surface area (Å²) in [6.45, 7) is 4.77. The van der Waals surface area contributed by atoms with Gasteiger partial charge < -0.3 is 0 Å². The fourth-order valence-electron chi connectivity index (χ4n) is 0.440. The summed E-state index contributed by atoms with van der Waals surface area (Å²) in [5.74, 6) is 0. The van der Waals surface area contributed by atoms with Crippen molar-refractivity contribution >= 4 is 48.2 Å². The zero-order chi connectivity index (χ0) is 5.98. The van der Waals surface area contributed by atoms with Crippen molar-refractivity contribution in [2.45, 2.75) is 22.1 Å². The van der Waals surface area contributed by atoms with Gasteiger partial charge in [-0.15, -0.1) is 0 Å². The van der Waals surface area contributed by atoms with Crippen LogP contribution in [-0.2, 0) is 0 Å². The Kier molecular flexibility index (Phi) is 4.67. The molecule has 1 heterocycles. The van der Waals surface area contributed by atoms with Crippen molar-refractivity contribution in [2.24, 2.45) is 0 Å². The van der Waals surface area contributed by atoms with Crippen LogP contribution in [0.4, 0.5) is 0 Å². The Balaban J connectivity index is 2.03. The van der Waals surface area contributed by atoms with E-state index >= 15 is 0 Å². The molecule has 0 atom stereocenters. The van der Waals surface area contributed by atoms with E-state index in [0.29, 0.717) is 0 Å². The van der Waals surface area contributed by atoms with E-state index in [4.69, 9.17) is 0 Å². The van der Waals surface area contributed by atoms with E-state index < -0.39 is 37.6 Å². The molecule has 0 unspecified atom stereocenters. The van der Waals surface area contributed by atoms with Gasteiger partial charge in [0.05, 0.1) is 0 Å². The number of rotatable bonds is 2. The van der Waals surface area contributed by atoms with E-state index in [1.807, 2.05) is 0 Å². The van der Waals surface area contributed by atoms with Crippen LogP contribution in [0.25, 0.3) is 0 Å². The van der Waals surface area contributed by atoms with Crippen LogP contribution in [-0.4, -0.2) is 37.6 Å². The molecule has 4 heteroatoms. The van der Waals surface area contributed by atoms with Crippen molar-refractivity contribution in [3.05, 3.63) is 0 Å². The first kappa shape index (κ1) is 8.56. The molecule has 0 N–H and O–H groups in total. The minimum absolute atomic E-state index is 0.669. The molecule has 0 aromatic rings. The molecule has 0 amide bonds. The second-order valence-corrected chi connectivity index (χ2v) is 68.6. The Hall–Kier alpha value is 2.47. The summed E-state index contributed by atoms with van der Waals surface area (Å²) >= 11 is -1.34. The van der Waals surface area contributed by atoms with Crippen LogP contribution in [0.3, 0.4) is 0 Å². The van der Waals surface area contributed by atoms with Crippen molar-refractivity contribution in [1.82, 2.24) is 0 Å². The van der Waals surface area contributed by atoms with Gasteiger partial charge in [-0.25, -0.2) is 0 Å². The van der Waals surface area contributed by atoms with E-state index in [2.05, 4.69) is 24.4 Å². The van der Waals surface area contributed by atoms with Gasteiger partial charge in [0.2, 0.25) is 0 Å². The topological polar surface area (TPSA) is 0 Å². The van der Waals surface area contributed by atoms with Crippen LogP contribution in [0, 0.1) is 0 Å². The molecule has 0 spiro atoms. The second-order valence-electron chi connectivity index (χ2n) is 1.46. The summed E-state index contributed by atoms with van der Waals surface area (Å²) in [7, 11) is 0. The number of hydrogen-bond acceptors (Lipinski definition) is 2. The molecule has 8 heavy (non-hydrogen) atoms. The molecule has 0 aromatic carbocycles. The fourth-order valence-corrected chi connectivity index (χ4v) is 161. The Labute approximate surface area is 68.9 Å². The van der Waals surface area contributed by atoms with Crippen LogP contribution >= 0.6 is 10.5 Å². The molecule has 0 nitrogen and oxygen atoms in total. The maximum atomic E-state index is 2.54. The third-order valence-electron chi connectivity index (χ3n) is 0.881. The van der Waals surface area contributed by atoms with E-state index in [1.54, 1.807) is 8.26 Å². The molecule has 1 aliphatic rings. The normalized spacial score (nSPS) is 23.2. The maximum absolute atomic E-state index is 2.54. The summed E-state index contributed by atoms with van der Waals surface area (Å²) in [4.78, 5) is 0. The average molecular weight is 540 g/mol. The van der Waals surface area contributed by atoms with Gasteiger partial charge in [0.15, 0.2) is 0 Å². The molecule has 1 fully saturated rings. The first-order chi connectivity index (χ1) is 3.86. The van der Waals surface area contributed by atoms with E-state index in [-0.39, 0.29) is 0 Å². The Morgan fingerprint density at radius 1 is 1.00 bits per heavy atom. The van der Waals surface area contributed by atoms with Gasteiger partial charge in [-0.1, -0.05) is 0 Å². The van der Waals surface area contributed by atoms with E-state index in [1.165, 1.54) is 0 Å². The summed E-state index contributed by atoms with van der Waals surface area (Å²) in [6.07, 6.45) is 0. The zero-order valence-electron chi connectivity index (χ0n) is 5.13. The summed E-state index contributed by atoms with van der Waals surface area (Å²) in [5.41, 5.74) is 0. The standard InChI is InChI=1S/2C2H5.2Bi.2S/c2*1-2;;;;/h2*1H2,2H3;;;;. The summed E-state index contributed by atoms with van der Waals surface area (Å²) < 4.78 is 3.19. The summed E-state index contributed by atoms with van der Waals surface area (Å²) in [6, 6.07) is 0. The first-order valence-electron chi connectivity index (χ1n) is 2.78. The van der Waals surface area contributed by atoms with Gasteiger partial charge in [0.1, 0.15) is 0 Å². The van der Waals surface area contributed by atoms with E-state index in [9.17, 15) is 0 Å². The number of hydrogen-bond donors (Lipinski definition) is 0.